The van der Waals surface area contributed by atoms with Gasteiger partial charge in [-0.25, -0.2) is 0 Å². The van der Waals surface area contributed by atoms with Gasteiger partial charge in [0.25, 0.3) is 0 Å². The van der Waals surface area contributed by atoms with Crippen molar-refractivity contribution in [2.45, 2.75) is 68.3 Å². The van der Waals surface area contributed by atoms with Gasteiger partial charge in [0.15, 0.2) is 6.29 Å². The summed E-state index contributed by atoms with van der Waals surface area (Å²) in [5.74, 6) is -0.190. The van der Waals surface area contributed by atoms with Gasteiger partial charge >= 0.3 is 0 Å². The van der Waals surface area contributed by atoms with E-state index in [0.29, 0.717) is 11.4 Å². The highest BCUT2D eigenvalue weighted by molar-refractivity contribution is 5.73. The molecule has 186 valence electrons. The molecule has 0 unspecified atom stereocenters. The Balaban J connectivity index is 1.81. The van der Waals surface area contributed by atoms with E-state index in [-0.39, 0.29) is 0 Å². The monoisotopic (exact) mass is 474 g/mol. The van der Waals surface area contributed by atoms with E-state index in [1.54, 1.807) is 24.3 Å². The Labute approximate surface area is 189 Å². The number of nitrogen functional groups attached to an aromatic ring is 1. The lowest BCUT2D eigenvalue weighted by molar-refractivity contribution is -0.343. The molecule has 0 bridgehead atoms. The quantitative estimate of drug-likeness (QED) is 0.180. The van der Waals surface area contributed by atoms with Crippen LogP contribution < -0.4 is 15.8 Å². The van der Waals surface area contributed by atoms with Gasteiger partial charge in [0.2, 0.25) is 12.2 Å². The summed E-state index contributed by atoms with van der Waals surface area (Å²) in [5.41, 5.74) is 6.15. The molecule has 2 heterocycles. The van der Waals surface area contributed by atoms with Crippen LogP contribution in [0.25, 0.3) is 0 Å². The number of nitrogens with one attached hydrogen (secondary N) is 1. The van der Waals surface area contributed by atoms with Crippen molar-refractivity contribution in [2.75, 3.05) is 18.9 Å². The summed E-state index contributed by atoms with van der Waals surface area (Å²) < 4.78 is 22.4. The lowest BCUT2D eigenvalue weighted by Gasteiger charge is -2.47. The van der Waals surface area contributed by atoms with Crippen LogP contribution in [0.5, 0.6) is 5.75 Å². The summed E-state index contributed by atoms with van der Waals surface area (Å²) in [6, 6.07) is 5.10. The van der Waals surface area contributed by atoms with Crippen LogP contribution >= 0.6 is 0 Å². The molecule has 0 spiro atoms. The number of carbonyl (C=O) groups excluding carboxylic acids is 1. The molecule has 33 heavy (non-hydrogen) atoms. The van der Waals surface area contributed by atoms with Crippen LogP contribution in [0.2, 0.25) is 0 Å². The molecule has 2 saturated heterocycles. The first-order valence-electron chi connectivity index (χ1n) is 10.4. The molecule has 0 aliphatic carbocycles. The van der Waals surface area contributed by atoms with Crippen LogP contribution in [-0.4, -0.2) is 111 Å². The summed E-state index contributed by atoms with van der Waals surface area (Å²) in [5, 5.41) is 62.9. The van der Waals surface area contributed by atoms with Crippen molar-refractivity contribution >= 4 is 11.6 Å². The average molecular weight is 474 g/mol. The zero-order valence-electron chi connectivity index (χ0n) is 17.8. The minimum atomic E-state index is -1.74. The molecule has 0 radical (unpaired) electrons. The third-order valence-electron chi connectivity index (χ3n) is 5.50. The molecule has 1 aromatic carbocycles. The molecule has 10 atom stereocenters. The van der Waals surface area contributed by atoms with Gasteiger partial charge in [0, 0.05) is 12.6 Å². The summed E-state index contributed by atoms with van der Waals surface area (Å²) in [6.07, 6.45) is -13.2. The molecule has 2 fully saturated rings. The molecule has 1 amide bonds. The number of amides is 1. The number of aliphatic hydroxyl groups excluding tert-OH is 6. The fourth-order valence-corrected chi connectivity index (χ4v) is 3.74. The molecular weight excluding hydrogens is 444 g/mol. The van der Waals surface area contributed by atoms with Crippen molar-refractivity contribution in [3.05, 3.63) is 24.3 Å². The van der Waals surface area contributed by atoms with Crippen LogP contribution in [0, 0.1) is 0 Å². The van der Waals surface area contributed by atoms with Crippen LogP contribution in [-0.2, 0) is 19.0 Å². The van der Waals surface area contributed by atoms with Crippen LogP contribution in [0.4, 0.5) is 5.69 Å². The number of carbonyl (C=O) groups is 1. The van der Waals surface area contributed by atoms with E-state index in [4.69, 9.17) is 24.7 Å². The van der Waals surface area contributed by atoms with Crippen molar-refractivity contribution in [2.24, 2.45) is 0 Å². The van der Waals surface area contributed by atoms with Crippen molar-refractivity contribution in [1.82, 2.24) is 5.32 Å². The van der Waals surface area contributed by atoms with Gasteiger partial charge in [-0.05, 0) is 24.3 Å². The highest BCUT2D eigenvalue weighted by Gasteiger charge is 2.51. The zero-order valence-corrected chi connectivity index (χ0v) is 17.8. The summed E-state index contributed by atoms with van der Waals surface area (Å²) in [6.45, 7) is -0.101. The molecule has 13 nitrogen and oxygen atoms in total. The molecule has 2 aliphatic heterocycles. The number of benzene rings is 1. The lowest BCUT2D eigenvalue weighted by Crippen LogP contribution is -2.68. The third kappa shape index (κ3) is 5.71. The molecule has 0 saturated carbocycles. The van der Waals surface area contributed by atoms with Crippen LogP contribution in [0.3, 0.4) is 0 Å². The SMILES string of the molecule is CC(=O)N[C@H]1[C@H](Oc2ccc(N)cc2)O[C@H](CO)[C@@H](O[C@@H]2O[C@H](CO)[C@H](O)[C@H](O)[C@H]2O)[C@@H]1O. The standard InChI is InChI=1S/C20H30N2O11/c1-8(25)22-13-15(27)18(33-20-17(29)16(28)14(26)11(6-23)31-20)12(7-24)32-19(13)30-10-4-2-9(21)3-5-10/h2-5,11-20,23-24,26-29H,6-7,21H2,1H3,(H,22,25)/t11-,12-,13-,14+,15-,16+,17-,18-,19-,20+/m1/s1. The molecule has 2 aliphatic rings. The molecule has 9 N–H and O–H groups in total. The minimum Gasteiger partial charge on any atom is -0.463 e. The molecule has 0 aromatic heterocycles. The maximum absolute atomic E-state index is 11.8. The molecule has 3 rings (SSSR count). The van der Waals surface area contributed by atoms with E-state index in [9.17, 15) is 35.4 Å². The summed E-state index contributed by atoms with van der Waals surface area (Å²) >= 11 is 0. The number of anilines is 1. The van der Waals surface area contributed by atoms with Gasteiger partial charge in [0.1, 0.15) is 54.5 Å². The van der Waals surface area contributed by atoms with Gasteiger partial charge < -0.3 is 60.6 Å². The predicted molar refractivity (Wildman–Crippen MR) is 109 cm³/mol. The zero-order chi connectivity index (χ0) is 24.3. The van der Waals surface area contributed by atoms with Crippen molar-refractivity contribution in [3.63, 3.8) is 0 Å². The Kier molecular flexibility index (Phi) is 8.44. The van der Waals surface area contributed by atoms with E-state index in [2.05, 4.69) is 5.32 Å². The largest absolute Gasteiger partial charge is 0.463 e. The number of hydrogen-bond donors (Lipinski definition) is 8. The van der Waals surface area contributed by atoms with E-state index < -0.39 is 80.5 Å². The van der Waals surface area contributed by atoms with E-state index in [1.165, 1.54) is 6.92 Å². The van der Waals surface area contributed by atoms with E-state index >= 15 is 0 Å². The molecule has 13 heteroatoms. The van der Waals surface area contributed by atoms with Gasteiger partial charge in [-0.3, -0.25) is 4.79 Å². The highest BCUT2D eigenvalue weighted by atomic mass is 16.7. The Hall–Kier alpha value is -2.07. The Bertz CT molecular complexity index is 780. The third-order valence-corrected chi connectivity index (χ3v) is 5.50. The highest BCUT2D eigenvalue weighted by Crippen LogP contribution is 2.30. The molecular formula is C20H30N2O11. The van der Waals surface area contributed by atoms with Gasteiger partial charge in [-0.1, -0.05) is 0 Å². The second kappa shape index (κ2) is 10.9. The van der Waals surface area contributed by atoms with E-state index in [1.807, 2.05) is 0 Å². The first kappa shape index (κ1) is 25.6. The first-order chi connectivity index (χ1) is 15.7. The topological polar surface area (TPSA) is 213 Å². The lowest BCUT2D eigenvalue weighted by atomic mass is 9.95. The summed E-state index contributed by atoms with van der Waals surface area (Å²) in [4.78, 5) is 11.8. The number of ether oxygens (including phenoxy) is 4. The van der Waals surface area contributed by atoms with Crippen molar-refractivity contribution in [1.29, 1.82) is 0 Å². The summed E-state index contributed by atoms with van der Waals surface area (Å²) in [7, 11) is 0. The number of nitrogens with two attached hydrogens (primary N) is 1. The Morgan fingerprint density at radius 3 is 2.12 bits per heavy atom. The predicted octanol–water partition coefficient (Wildman–Crippen LogP) is -3.58. The number of hydrogen-bond acceptors (Lipinski definition) is 12. The Morgan fingerprint density at radius 1 is 0.939 bits per heavy atom. The normalized spacial score (nSPS) is 39.1. The fourth-order valence-electron chi connectivity index (χ4n) is 3.74. The molecule has 1 aromatic rings. The van der Waals surface area contributed by atoms with Crippen molar-refractivity contribution in [3.8, 4) is 5.75 Å². The smallest absolute Gasteiger partial charge is 0.223 e. The van der Waals surface area contributed by atoms with E-state index in [0.717, 1.165) is 0 Å². The van der Waals surface area contributed by atoms with Crippen LogP contribution in [0.15, 0.2) is 24.3 Å². The Morgan fingerprint density at radius 2 is 1.55 bits per heavy atom. The van der Waals surface area contributed by atoms with Crippen molar-refractivity contribution < 1.29 is 54.4 Å². The number of aliphatic hydroxyl groups is 6. The second-order valence-corrected chi connectivity index (χ2v) is 7.93. The average Bonchev–Trinajstić information content (AvgIpc) is 2.79. The van der Waals surface area contributed by atoms with Gasteiger partial charge in [0.05, 0.1) is 13.2 Å². The number of rotatable bonds is 7. The second-order valence-electron chi connectivity index (χ2n) is 7.93. The first-order valence-corrected chi connectivity index (χ1v) is 10.4. The fraction of sp³-hybridized carbons (Fsp3) is 0.650. The maximum atomic E-state index is 11.8. The minimum absolute atomic E-state index is 0.321. The maximum Gasteiger partial charge on any atom is 0.223 e. The van der Waals surface area contributed by atoms with Gasteiger partial charge in [-0.2, -0.15) is 0 Å². The van der Waals surface area contributed by atoms with Gasteiger partial charge in [-0.15, -0.1) is 0 Å². The van der Waals surface area contributed by atoms with Crippen LogP contribution in [0.1, 0.15) is 6.92 Å².